The Kier molecular flexibility index (Phi) is 3.54. The molecule has 2 bridgehead atoms. The Bertz CT molecular complexity index is 547. The van der Waals surface area contributed by atoms with E-state index in [1.165, 1.54) is 4.90 Å². The van der Waals surface area contributed by atoms with Crippen LogP contribution in [0.4, 0.5) is 0 Å². The average molecular weight is 316 g/mol. The molecule has 2 aliphatic carbocycles. The van der Waals surface area contributed by atoms with Gasteiger partial charge in [-0.25, -0.2) is 0 Å². The van der Waals surface area contributed by atoms with Gasteiger partial charge in [-0.3, -0.25) is 19.3 Å². The summed E-state index contributed by atoms with van der Waals surface area (Å²) in [7, 11) is 0. The van der Waals surface area contributed by atoms with Gasteiger partial charge < -0.3 is 4.90 Å². The quantitative estimate of drug-likeness (QED) is 0.585. The summed E-state index contributed by atoms with van der Waals surface area (Å²) in [5, 5.41) is 0. The molecule has 3 fully saturated rings. The zero-order valence-corrected chi connectivity index (χ0v) is 13.6. The summed E-state index contributed by atoms with van der Waals surface area (Å²) in [4.78, 5) is 40.7. The van der Waals surface area contributed by atoms with Gasteiger partial charge in [0.25, 0.3) is 0 Å². The van der Waals surface area contributed by atoms with Gasteiger partial charge in [0.15, 0.2) is 0 Å². The van der Waals surface area contributed by atoms with Crippen molar-refractivity contribution in [1.29, 1.82) is 0 Å². The van der Waals surface area contributed by atoms with Crippen molar-refractivity contribution in [3.8, 4) is 0 Å². The number of amides is 3. The summed E-state index contributed by atoms with van der Waals surface area (Å²) in [6.45, 7) is 4.09. The summed E-state index contributed by atoms with van der Waals surface area (Å²) in [5.41, 5.74) is 0. The smallest absolute Gasteiger partial charge is 0.233 e. The van der Waals surface area contributed by atoms with Crippen molar-refractivity contribution in [2.75, 3.05) is 19.6 Å². The molecular formula is C18H24N2O3. The lowest BCUT2D eigenvalue weighted by atomic mass is 9.85. The predicted molar refractivity (Wildman–Crippen MR) is 84.0 cm³/mol. The maximum atomic E-state index is 12.6. The van der Waals surface area contributed by atoms with Crippen molar-refractivity contribution in [3.63, 3.8) is 0 Å². The van der Waals surface area contributed by atoms with Gasteiger partial charge in [-0.2, -0.15) is 0 Å². The summed E-state index contributed by atoms with van der Waals surface area (Å²) in [6.07, 6.45) is 7.51. The number of piperidine rings is 1. The van der Waals surface area contributed by atoms with Crippen LogP contribution in [0.1, 0.15) is 32.6 Å². The minimum atomic E-state index is -0.150. The number of rotatable bonds is 3. The lowest BCUT2D eigenvalue weighted by Gasteiger charge is -2.30. The average Bonchev–Trinajstić information content (AvgIpc) is 3.21. The number of imide groups is 1. The molecule has 0 aromatic heterocycles. The van der Waals surface area contributed by atoms with Gasteiger partial charge in [0.2, 0.25) is 17.7 Å². The van der Waals surface area contributed by atoms with Crippen LogP contribution in [0, 0.1) is 29.6 Å². The van der Waals surface area contributed by atoms with E-state index < -0.39 is 0 Å². The number of hydrogen-bond donors (Lipinski definition) is 0. The van der Waals surface area contributed by atoms with Crippen molar-refractivity contribution in [3.05, 3.63) is 12.2 Å². The van der Waals surface area contributed by atoms with Crippen molar-refractivity contribution in [1.82, 2.24) is 9.80 Å². The van der Waals surface area contributed by atoms with Gasteiger partial charge >= 0.3 is 0 Å². The molecule has 0 spiro atoms. The molecule has 4 atom stereocenters. The van der Waals surface area contributed by atoms with E-state index in [1.807, 2.05) is 4.90 Å². The van der Waals surface area contributed by atoms with Crippen LogP contribution in [0.25, 0.3) is 0 Å². The molecule has 0 aromatic carbocycles. The number of carbonyl (C=O) groups is 3. The topological polar surface area (TPSA) is 57.7 Å². The summed E-state index contributed by atoms with van der Waals surface area (Å²) < 4.78 is 0. The fourth-order valence-corrected chi connectivity index (χ4v) is 4.81. The highest BCUT2D eigenvalue weighted by Gasteiger charge is 2.59. The fourth-order valence-electron chi connectivity index (χ4n) is 4.81. The molecule has 0 N–H and O–H groups in total. The Morgan fingerprint density at radius 3 is 2.22 bits per heavy atom. The van der Waals surface area contributed by atoms with Crippen LogP contribution in [0.2, 0.25) is 0 Å². The van der Waals surface area contributed by atoms with E-state index in [0.29, 0.717) is 5.92 Å². The minimum absolute atomic E-state index is 0.0445. The first-order valence-electron chi connectivity index (χ1n) is 8.87. The van der Waals surface area contributed by atoms with Gasteiger partial charge in [0, 0.05) is 26.1 Å². The third-order valence-corrected chi connectivity index (χ3v) is 6.25. The van der Waals surface area contributed by atoms with Crippen LogP contribution in [-0.4, -0.2) is 47.2 Å². The molecule has 124 valence electrons. The van der Waals surface area contributed by atoms with Crippen LogP contribution < -0.4 is 0 Å². The number of likely N-dealkylation sites (tertiary alicyclic amines) is 2. The standard InChI is InChI=1S/C18H24N2O3/c1-11-4-7-19(8-5-11)14(21)6-9-20-17(22)15-12-2-3-13(10-12)16(15)18(20)23/h2-3,11-13,15-16H,4-10H2,1H3/t12-,13-,15+,16+/m0/s1. The van der Waals surface area contributed by atoms with E-state index in [2.05, 4.69) is 19.1 Å². The van der Waals surface area contributed by atoms with Crippen LogP contribution in [0.3, 0.4) is 0 Å². The second kappa shape index (κ2) is 5.46. The van der Waals surface area contributed by atoms with E-state index >= 15 is 0 Å². The molecule has 4 aliphatic rings. The Balaban J connectivity index is 1.36. The van der Waals surface area contributed by atoms with Crippen LogP contribution in [0.15, 0.2) is 12.2 Å². The molecular weight excluding hydrogens is 292 g/mol. The zero-order valence-electron chi connectivity index (χ0n) is 13.6. The number of carbonyl (C=O) groups excluding carboxylic acids is 3. The van der Waals surface area contributed by atoms with E-state index in [-0.39, 0.29) is 54.4 Å². The molecule has 2 heterocycles. The molecule has 1 saturated carbocycles. The molecule has 0 unspecified atom stereocenters. The molecule has 5 heteroatoms. The van der Waals surface area contributed by atoms with E-state index in [0.717, 1.165) is 32.4 Å². The second-order valence-corrected chi connectivity index (χ2v) is 7.64. The van der Waals surface area contributed by atoms with E-state index in [9.17, 15) is 14.4 Å². The zero-order chi connectivity index (χ0) is 16.1. The Morgan fingerprint density at radius 2 is 1.65 bits per heavy atom. The SMILES string of the molecule is CC1CCN(C(=O)CCN2C(=O)[C@H]3[C@H](C2=O)[C@H]2C=C[C@H]3C2)CC1. The summed E-state index contributed by atoms with van der Waals surface area (Å²) >= 11 is 0. The Hall–Kier alpha value is -1.65. The summed E-state index contributed by atoms with van der Waals surface area (Å²) in [5.74, 6) is 0.857. The number of nitrogens with zero attached hydrogens (tertiary/aromatic N) is 2. The normalized spacial score (nSPS) is 36.2. The molecule has 3 amide bonds. The number of fused-ring (bicyclic) bond motifs is 5. The molecule has 4 rings (SSSR count). The first-order valence-corrected chi connectivity index (χ1v) is 8.87. The van der Waals surface area contributed by atoms with Crippen molar-refractivity contribution in [2.24, 2.45) is 29.6 Å². The monoisotopic (exact) mass is 316 g/mol. The third kappa shape index (κ3) is 2.32. The lowest BCUT2D eigenvalue weighted by molar-refractivity contribution is -0.141. The molecule has 5 nitrogen and oxygen atoms in total. The first-order chi connectivity index (χ1) is 11.1. The Labute approximate surface area is 136 Å². The third-order valence-electron chi connectivity index (χ3n) is 6.25. The predicted octanol–water partition coefficient (Wildman–Crippen LogP) is 1.44. The van der Waals surface area contributed by atoms with Gasteiger partial charge in [-0.15, -0.1) is 0 Å². The first kappa shape index (κ1) is 14.9. The van der Waals surface area contributed by atoms with Crippen molar-refractivity contribution in [2.45, 2.75) is 32.6 Å². The van der Waals surface area contributed by atoms with Crippen LogP contribution in [0.5, 0.6) is 0 Å². The van der Waals surface area contributed by atoms with Gasteiger partial charge in [0.05, 0.1) is 11.8 Å². The summed E-state index contributed by atoms with van der Waals surface area (Å²) in [6, 6.07) is 0. The number of allylic oxidation sites excluding steroid dienone is 2. The van der Waals surface area contributed by atoms with Crippen LogP contribution >= 0.6 is 0 Å². The minimum Gasteiger partial charge on any atom is -0.343 e. The van der Waals surface area contributed by atoms with Gasteiger partial charge in [0.1, 0.15) is 0 Å². The van der Waals surface area contributed by atoms with E-state index in [4.69, 9.17) is 0 Å². The molecule has 2 aliphatic heterocycles. The lowest BCUT2D eigenvalue weighted by Crippen LogP contribution is -2.41. The van der Waals surface area contributed by atoms with Gasteiger partial charge in [-0.05, 0) is 37.0 Å². The Morgan fingerprint density at radius 1 is 1.09 bits per heavy atom. The van der Waals surface area contributed by atoms with E-state index in [1.54, 1.807) is 0 Å². The fraction of sp³-hybridized carbons (Fsp3) is 0.722. The maximum Gasteiger partial charge on any atom is 0.233 e. The highest BCUT2D eigenvalue weighted by atomic mass is 16.2. The molecule has 0 radical (unpaired) electrons. The molecule has 23 heavy (non-hydrogen) atoms. The van der Waals surface area contributed by atoms with Crippen molar-refractivity contribution >= 4 is 17.7 Å². The second-order valence-electron chi connectivity index (χ2n) is 7.64. The highest BCUT2D eigenvalue weighted by Crippen LogP contribution is 2.52. The largest absolute Gasteiger partial charge is 0.343 e. The molecule has 2 saturated heterocycles. The van der Waals surface area contributed by atoms with Crippen molar-refractivity contribution < 1.29 is 14.4 Å². The highest BCUT2D eigenvalue weighted by molar-refractivity contribution is 6.06. The molecule has 0 aromatic rings. The number of hydrogen-bond acceptors (Lipinski definition) is 3. The van der Waals surface area contributed by atoms with Gasteiger partial charge in [-0.1, -0.05) is 19.1 Å². The maximum absolute atomic E-state index is 12.6. The van der Waals surface area contributed by atoms with Crippen LogP contribution in [-0.2, 0) is 14.4 Å².